The normalized spacial score (nSPS) is 8.09. The van der Waals surface area contributed by atoms with Crippen LogP contribution in [0.4, 0.5) is 0 Å². The minimum absolute atomic E-state index is 0. The molecule has 0 rings (SSSR count). The number of hydrogen-bond donors (Lipinski definition) is 3. The molecule has 0 heterocycles. The van der Waals surface area contributed by atoms with Crippen molar-refractivity contribution in [3.8, 4) is 0 Å². The first-order chi connectivity index (χ1) is 9.95. The maximum atomic E-state index is 9.47. The number of carboxylic acids is 1. The van der Waals surface area contributed by atoms with Crippen LogP contribution in [0, 0.1) is 0 Å². The molecule has 0 aliphatic carbocycles. The predicted octanol–water partition coefficient (Wildman–Crippen LogP) is 3.29. The predicted molar refractivity (Wildman–Crippen MR) is 96.4 cm³/mol. The molecule has 0 saturated carbocycles. The van der Waals surface area contributed by atoms with Crippen LogP contribution >= 0.6 is 12.4 Å². The number of carbonyl (C=O) groups is 2. The number of nitrogens with one attached hydrogen (secondary N) is 1. The second kappa shape index (κ2) is 27.9. The number of rotatable bonds is 10. The van der Waals surface area contributed by atoms with Gasteiger partial charge in [-0.1, -0.05) is 52.7 Å². The zero-order valence-electron chi connectivity index (χ0n) is 14.0. The Morgan fingerprint density at radius 2 is 1.32 bits per heavy atom. The van der Waals surface area contributed by atoms with Crippen LogP contribution in [-0.2, 0) is 9.59 Å². The number of unbranched alkanes of at least 4 members (excludes halogenated alkanes) is 4. The molecule has 1 amide bonds. The highest BCUT2D eigenvalue weighted by molar-refractivity contribution is 5.85. The van der Waals surface area contributed by atoms with Crippen molar-refractivity contribution in [3.63, 3.8) is 0 Å². The fraction of sp³-hybridized carbons (Fsp3) is 0.625. The van der Waals surface area contributed by atoms with Gasteiger partial charge in [0, 0.05) is 6.08 Å². The van der Waals surface area contributed by atoms with Gasteiger partial charge in [-0.2, -0.15) is 0 Å². The van der Waals surface area contributed by atoms with Crippen molar-refractivity contribution in [2.45, 2.75) is 52.4 Å². The van der Waals surface area contributed by atoms with E-state index in [1.54, 1.807) is 0 Å². The third kappa shape index (κ3) is 51.2. The highest BCUT2D eigenvalue weighted by atomic mass is 35.5. The summed E-state index contributed by atoms with van der Waals surface area (Å²) in [6.07, 6.45) is 10.0. The topological polar surface area (TPSA) is 92.4 Å². The number of halogens is 1. The summed E-state index contributed by atoms with van der Waals surface area (Å²) in [6, 6.07) is 0. The molecular weight excluding hydrogens is 304 g/mol. The van der Waals surface area contributed by atoms with E-state index in [2.05, 4.69) is 38.1 Å². The Morgan fingerprint density at radius 3 is 1.50 bits per heavy atom. The lowest BCUT2D eigenvalue weighted by Gasteiger charge is -2.02. The summed E-state index contributed by atoms with van der Waals surface area (Å²) in [5.41, 5.74) is 4.53. The summed E-state index contributed by atoms with van der Waals surface area (Å²) in [5, 5.41) is 11.1. The van der Waals surface area contributed by atoms with Gasteiger partial charge < -0.3 is 16.2 Å². The van der Waals surface area contributed by atoms with Crippen LogP contribution in [0.15, 0.2) is 25.3 Å². The first-order valence-electron chi connectivity index (χ1n) is 7.44. The van der Waals surface area contributed by atoms with Crippen LogP contribution in [0.1, 0.15) is 52.4 Å². The zero-order valence-corrected chi connectivity index (χ0v) is 14.8. The van der Waals surface area contributed by atoms with Crippen LogP contribution in [0.3, 0.4) is 0 Å². The summed E-state index contributed by atoms with van der Waals surface area (Å²) >= 11 is 0. The van der Waals surface area contributed by atoms with Crippen molar-refractivity contribution >= 4 is 24.3 Å². The Labute approximate surface area is 141 Å². The fourth-order valence-corrected chi connectivity index (χ4v) is 1.12. The number of carboxylic acid groups (broad SMARTS) is 1. The van der Waals surface area contributed by atoms with E-state index in [0.29, 0.717) is 0 Å². The van der Waals surface area contributed by atoms with E-state index in [1.807, 2.05) is 0 Å². The Balaban J connectivity index is -0.000000124. The molecule has 0 aliphatic heterocycles. The quantitative estimate of drug-likeness (QED) is 0.421. The molecular formula is C16H33ClN2O3. The maximum Gasteiger partial charge on any atom is 0.327 e. The maximum absolute atomic E-state index is 9.47. The van der Waals surface area contributed by atoms with E-state index in [4.69, 9.17) is 5.11 Å². The first kappa shape index (κ1) is 28.8. The number of amides is 1. The van der Waals surface area contributed by atoms with Crippen LogP contribution < -0.4 is 11.1 Å². The molecule has 0 bridgehead atoms. The van der Waals surface area contributed by atoms with Crippen molar-refractivity contribution in [2.24, 2.45) is 5.73 Å². The molecule has 0 atom stereocenters. The number of nitrogens with two attached hydrogens (primary N) is 1. The van der Waals surface area contributed by atoms with Crippen LogP contribution in [-0.4, -0.2) is 30.1 Å². The average Bonchev–Trinajstić information content (AvgIpc) is 2.47. The molecule has 0 fully saturated rings. The molecule has 4 N–H and O–H groups in total. The highest BCUT2D eigenvalue weighted by Gasteiger charge is 1.87. The zero-order chi connectivity index (χ0) is 16.9. The van der Waals surface area contributed by atoms with E-state index in [9.17, 15) is 9.59 Å². The molecule has 22 heavy (non-hydrogen) atoms. The van der Waals surface area contributed by atoms with E-state index in [1.165, 1.54) is 51.6 Å². The number of aliphatic carboxylic acids is 1. The smallest absolute Gasteiger partial charge is 0.327 e. The van der Waals surface area contributed by atoms with Gasteiger partial charge in [-0.05, 0) is 32.0 Å². The van der Waals surface area contributed by atoms with Crippen molar-refractivity contribution in [3.05, 3.63) is 25.3 Å². The van der Waals surface area contributed by atoms with Crippen molar-refractivity contribution in [1.82, 2.24) is 5.32 Å². The summed E-state index contributed by atoms with van der Waals surface area (Å²) in [6.45, 7) is 13.0. The average molecular weight is 337 g/mol. The van der Waals surface area contributed by atoms with Gasteiger partial charge in [-0.3, -0.25) is 4.79 Å². The van der Waals surface area contributed by atoms with Gasteiger partial charge in [0.15, 0.2) is 0 Å². The van der Waals surface area contributed by atoms with Crippen molar-refractivity contribution in [2.75, 3.05) is 13.1 Å². The SMILES string of the molecule is C=CC(=O)O.C=CC(N)=O.CCCCCNCCCCC.Cl. The second-order valence-corrected chi connectivity index (χ2v) is 4.31. The lowest BCUT2D eigenvalue weighted by atomic mass is 10.2. The Morgan fingerprint density at radius 1 is 1.00 bits per heavy atom. The van der Waals surface area contributed by atoms with E-state index >= 15 is 0 Å². The number of hydrogen-bond acceptors (Lipinski definition) is 3. The minimum atomic E-state index is -0.981. The van der Waals surface area contributed by atoms with Gasteiger partial charge in [0.05, 0.1) is 0 Å². The lowest BCUT2D eigenvalue weighted by molar-refractivity contribution is -0.131. The second-order valence-electron chi connectivity index (χ2n) is 4.31. The molecule has 0 saturated heterocycles. The van der Waals surface area contributed by atoms with Crippen LogP contribution in [0.25, 0.3) is 0 Å². The molecule has 0 aliphatic rings. The van der Waals surface area contributed by atoms with Gasteiger partial charge >= 0.3 is 5.97 Å². The molecule has 0 spiro atoms. The van der Waals surface area contributed by atoms with E-state index in [-0.39, 0.29) is 12.4 Å². The summed E-state index contributed by atoms with van der Waals surface area (Å²) in [5.74, 6) is -1.46. The molecule has 0 aromatic carbocycles. The summed E-state index contributed by atoms with van der Waals surface area (Å²) in [4.78, 5) is 18.7. The lowest BCUT2D eigenvalue weighted by Crippen LogP contribution is -2.16. The highest BCUT2D eigenvalue weighted by Crippen LogP contribution is 1.93. The molecule has 0 aromatic rings. The van der Waals surface area contributed by atoms with Gasteiger partial charge in [0.2, 0.25) is 5.91 Å². The number of carbonyl (C=O) groups excluding carboxylic acids is 1. The van der Waals surface area contributed by atoms with Crippen molar-refractivity contribution in [1.29, 1.82) is 0 Å². The molecule has 132 valence electrons. The van der Waals surface area contributed by atoms with Gasteiger partial charge in [0.1, 0.15) is 0 Å². The Bertz CT molecular complexity index is 246. The Kier molecular flexibility index (Phi) is 36.5. The molecule has 6 heteroatoms. The largest absolute Gasteiger partial charge is 0.478 e. The van der Waals surface area contributed by atoms with Crippen molar-refractivity contribution < 1.29 is 14.7 Å². The monoisotopic (exact) mass is 336 g/mol. The fourth-order valence-electron chi connectivity index (χ4n) is 1.12. The standard InChI is InChI=1S/C10H23N.C3H5NO.C3H4O2.ClH/c1-3-5-7-9-11-10-8-6-4-2;2*1-2-3(4)5;/h11H,3-10H2,1-2H3;2H,1H2,(H2,4,5);2H,1H2,(H,4,5);1H. The minimum Gasteiger partial charge on any atom is -0.478 e. The third-order valence-electron chi connectivity index (χ3n) is 2.29. The van der Waals surface area contributed by atoms with E-state index < -0.39 is 11.9 Å². The van der Waals surface area contributed by atoms with Gasteiger partial charge in [0.25, 0.3) is 0 Å². The molecule has 5 nitrogen and oxygen atoms in total. The van der Waals surface area contributed by atoms with Crippen LogP contribution in [0.5, 0.6) is 0 Å². The van der Waals surface area contributed by atoms with Gasteiger partial charge in [-0.25, -0.2) is 4.79 Å². The Hall–Kier alpha value is -1.33. The molecule has 0 unspecified atom stereocenters. The van der Waals surface area contributed by atoms with Crippen LogP contribution in [0.2, 0.25) is 0 Å². The summed E-state index contributed by atoms with van der Waals surface area (Å²) < 4.78 is 0. The first-order valence-corrected chi connectivity index (χ1v) is 7.44. The third-order valence-corrected chi connectivity index (χ3v) is 2.29. The molecule has 0 aromatic heterocycles. The molecule has 0 radical (unpaired) electrons. The summed E-state index contributed by atoms with van der Waals surface area (Å²) in [7, 11) is 0. The number of primary amides is 1. The van der Waals surface area contributed by atoms with E-state index in [0.717, 1.165) is 12.2 Å². The van der Waals surface area contributed by atoms with Gasteiger partial charge in [-0.15, -0.1) is 12.4 Å².